The summed E-state index contributed by atoms with van der Waals surface area (Å²) in [6.07, 6.45) is 4.55. The average molecular weight is 432 g/mol. The smallest absolute Gasteiger partial charge is 0.341 e. The van der Waals surface area contributed by atoms with E-state index in [1.807, 2.05) is 0 Å². The zero-order chi connectivity index (χ0) is 20.5. The molecule has 1 aliphatic heterocycles. The van der Waals surface area contributed by atoms with Gasteiger partial charge in [0.15, 0.2) is 0 Å². The summed E-state index contributed by atoms with van der Waals surface area (Å²) in [5, 5.41) is 4.07. The van der Waals surface area contributed by atoms with Gasteiger partial charge in [0, 0.05) is 15.5 Å². The van der Waals surface area contributed by atoms with E-state index in [-0.39, 0.29) is 18.5 Å². The van der Waals surface area contributed by atoms with Crippen molar-refractivity contribution in [1.29, 1.82) is 0 Å². The van der Waals surface area contributed by atoms with Gasteiger partial charge in [0.1, 0.15) is 17.4 Å². The van der Waals surface area contributed by atoms with E-state index in [1.54, 1.807) is 31.2 Å². The molecule has 7 heteroatoms. The van der Waals surface area contributed by atoms with Crippen molar-refractivity contribution >= 4 is 45.9 Å². The first-order chi connectivity index (χ1) is 14.0. The number of nitrogens with one attached hydrogen (secondary N) is 1. The molecule has 1 aliphatic carbocycles. The number of amides is 1. The minimum absolute atomic E-state index is 0.164. The molecule has 152 valence electrons. The van der Waals surface area contributed by atoms with E-state index in [2.05, 4.69) is 12.2 Å². The second-order valence-corrected chi connectivity index (χ2v) is 8.91. The van der Waals surface area contributed by atoms with Crippen molar-refractivity contribution in [3.63, 3.8) is 0 Å². The molecule has 0 saturated carbocycles. The predicted molar refractivity (Wildman–Crippen MR) is 115 cm³/mol. The van der Waals surface area contributed by atoms with Gasteiger partial charge in [-0.05, 0) is 61.9 Å². The Morgan fingerprint density at radius 2 is 2.21 bits per heavy atom. The topological polar surface area (TPSA) is 64.6 Å². The van der Waals surface area contributed by atoms with E-state index >= 15 is 0 Å². The zero-order valence-corrected chi connectivity index (χ0v) is 17.9. The molecule has 0 fully saturated rings. The van der Waals surface area contributed by atoms with Crippen LogP contribution in [0.15, 0.2) is 23.8 Å². The van der Waals surface area contributed by atoms with Crippen LogP contribution in [-0.2, 0) is 22.4 Å². The van der Waals surface area contributed by atoms with Crippen molar-refractivity contribution < 1.29 is 19.1 Å². The number of rotatable bonds is 4. The second-order valence-electron chi connectivity index (χ2n) is 7.37. The third-order valence-corrected chi connectivity index (χ3v) is 6.60. The summed E-state index contributed by atoms with van der Waals surface area (Å²) in [5.74, 6) is 0.600. The number of fused-ring (bicyclic) bond motifs is 2. The Morgan fingerprint density at radius 1 is 1.38 bits per heavy atom. The van der Waals surface area contributed by atoms with Crippen LogP contribution in [0.1, 0.15) is 46.6 Å². The van der Waals surface area contributed by atoms with Crippen LogP contribution in [0.25, 0.3) is 6.08 Å². The molecule has 0 bridgehead atoms. The fourth-order valence-corrected chi connectivity index (χ4v) is 5.30. The predicted octanol–water partition coefficient (Wildman–Crippen LogP) is 5.12. The van der Waals surface area contributed by atoms with E-state index in [0.717, 1.165) is 35.3 Å². The summed E-state index contributed by atoms with van der Waals surface area (Å²) in [6.45, 7) is 4.45. The standard InChI is InChI=1S/C22H22ClNO4S/c1-3-27-22(26)19-16-6-4-12(2)8-18(16)29-21(19)24-20(25)14-9-13-10-15(23)5-7-17(13)28-11-14/h5,7,9-10,12H,3-4,6,8,11H2,1-2H3,(H,24,25). The van der Waals surface area contributed by atoms with Gasteiger partial charge >= 0.3 is 5.97 Å². The molecular weight excluding hydrogens is 410 g/mol. The molecule has 0 spiro atoms. The van der Waals surface area contributed by atoms with Crippen molar-refractivity contribution in [2.45, 2.75) is 33.1 Å². The molecule has 2 aromatic rings. The lowest BCUT2D eigenvalue weighted by atomic mass is 9.88. The van der Waals surface area contributed by atoms with E-state index in [1.165, 1.54) is 11.3 Å². The number of carbonyl (C=O) groups is 2. The Kier molecular flexibility index (Phi) is 5.65. The monoisotopic (exact) mass is 431 g/mol. The Morgan fingerprint density at radius 3 is 3.00 bits per heavy atom. The molecule has 29 heavy (non-hydrogen) atoms. The molecule has 1 aromatic carbocycles. The highest BCUT2D eigenvalue weighted by molar-refractivity contribution is 7.17. The SMILES string of the molecule is CCOC(=O)c1c(NC(=O)C2=Cc3cc(Cl)ccc3OC2)sc2c1CCC(C)C2. The van der Waals surface area contributed by atoms with Crippen LogP contribution >= 0.6 is 22.9 Å². The van der Waals surface area contributed by atoms with Crippen molar-refractivity contribution in [2.24, 2.45) is 5.92 Å². The summed E-state index contributed by atoms with van der Waals surface area (Å²) >= 11 is 7.53. The second kappa shape index (κ2) is 8.20. The summed E-state index contributed by atoms with van der Waals surface area (Å²) < 4.78 is 11.0. The van der Waals surface area contributed by atoms with Crippen LogP contribution in [0, 0.1) is 5.92 Å². The van der Waals surface area contributed by atoms with E-state index in [0.29, 0.717) is 39.4 Å². The molecule has 1 amide bonds. The molecular formula is C22H22ClNO4S. The Labute approximate surface area is 178 Å². The van der Waals surface area contributed by atoms with E-state index in [4.69, 9.17) is 21.1 Å². The minimum atomic E-state index is -0.374. The molecule has 1 aromatic heterocycles. The van der Waals surface area contributed by atoms with Crippen molar-refractivity contribution in [2.75, 3.05) is 18.5 Å². The van der Waals surface area contributed by atoms with Crippen LogP contribution in [0.2, 0.25) is 5.02 Å². The van der Waals surface area contributed by atoms with Gasteiger partial charge in [0.05, 0.1) is 17.7 Å². The van der Waals surface area contributed by atoms with Crippen molar-refractivity contribution in [3.05, 3.63) is 50.4 Å². The number of carbonyl (C=O) groups excluding carboxylic acids is 2. The van der Waals surface area contributed by atoms with Crippen LogP contribution in [0.4, 0.5) is 5.00 Å². The number of benzene rings is 1. The van der Waals surface area contributed by atoms with Gasteiger partial charge in [0.2, 0.25) is 0 Å². The zero-order valence-electron chi connectivity index (χ0n) is 16.3. The molecule has 1 atom stereocenters. The third kappa shape index (κ3) is 4.05. The van der Waals surface area contributed by atoms with Gasteiger partial charge in [-0.2, -0.15) is 0 Å². The number of esters is 1. The van der Waals surface area contributed by atoms with Crippen LogP contribution < -0.4 is 10.1 Å². The first-order valence-electron chi connectivity index (χ1n) is 9.72. The fourth-order valence-electron chi connectivity index (χ4n) is 3.72. The number of hydrogen-bond donors (Lipinski definition) is 1. The largest absolute Gasteiger partial charge is 0.488 e. The highest BCUT2D eigenvalue weighted by Gasteiger charge is 2.30. The lowest BCUT2D eigenvalue weighted by Gasteiger charge is -2.18. The van der Waals surface area contributed by atoms with E-state index < -0.39 is 0 Å². The van der Waals surface area contributed by atoms with Gasteiger partial charge in [-0.3, -0.25) is 4.79 Å². The molecule has 4 rings (SSSR count). The lowest BCUT2D eigenvalue weighted by Crippen LogP contribution is -2.22. The van der Waals surface area contributed by atoms with Gasteiger partial charge in [-0.15, -0.1) is 11.3 Å². The molecule has 0 radical (unpaired) electrons. The first kappa shape index (κ1) is 20.0. The molecule has 2 aliphatic rings. The molecule has 0 saturated heterocycles. The number of ether oxygens (including phenoxy) is 2. The first-order valence-corrected chi connectivity index (χ1v) is 10.9. The maximum absolute atomic E-state index is 12.9. The van der Waals surface area contributed by atoms with Crippen LogP contribution in [0.5, 0.6) is 5.75 Å². The Hall–Kier alpha value is -2.31. The average Bonchev–Trinajstić information content (AvgIpc) is 3.04. The molecule has 1 unspecified atom stereocenters. The van der Waals surface area contributed by atoms with Crippen LogP contribution in [-0.4, -0.2) is 25.1 Å². The Bertz CT molecular complexity index is 1010. The van der Waals surface area contributed by atoms with Gasteiger partial charge in [-0.25, -0.2) is 4.79 Å². The minimum Gasteiger partial charge on any atom is -0.488 e. The van der Waals surface area contributed by atoms with Gasteiger partial charge in [-0.1, -0.05) is 18.5 Å². The number of halogens is 1. The number of thiophene rings is 1. The lowest BCUT2D eigenvalue weighted by molar-refractivity contribution is -0.113. The molecule has 1 N–H and O–H groups in total. The number of hydrogen-bond acceptors (Lipinski definition) is 5. The third-order valence-electron chi connectivity index (χ3n) is 5.19. The van der Waals surface area contributed by atoms with Gasteiger partial charge in [0.25, 0.3) is 5.91 Å². The van der Waals surface area contributed by atoms with E-state index in [9.17, 15) is 9.59 Å². The fraction of sp³-hybridized carbons (Fsp3) is 0.364. The quantitative estimate of drug-likeness (QED) is 0.682. The van der Waals surface area contributed by atoms with Crippen molar-refractivity contribution in [3.8, 4) is 5.75 Å². The summed E-state index contributed by atoms with van der Waals surface area (Å²) in [5.41, 5.74) is 2.77. The summed E-state index contributed by atoms with van der Waals surface area (Å²) in [4.78, 5) is 26.7. The summed E-state index contributed by atoms with van der Waals surface area (Å²) in [6, 6.07) is 5.30. The normalized spacial score (nSPS) is 17.5. The van der Waals surface area contributed by atoms with Crippen LogP contribution in [0.3, 0.4) is 0 Å². The highest BCUT2D eigenvalue weighted by Crippen LogP contribution is 2.40. The Balaban J connectivity index is 1.64. The molecule has 5 nitrogen and oxygen atoms in total. The molecule has 2 heterocycles. The highest BCUT2D eigenvalue weighted by atomic mass is 35.5. The van der Waals surface area contributed by atoms with Crippen molar-refractivity contribution in [1.82, 2.24) is 0 Å². The summed E-state index contributed by atoms with van der Waals surface area (Å²) in [7, 11) is 0. The van der Waals surface area contributed by atoms with Gasteiger partial charge < -0.3 is 14.8 Å². The number of anilines is 1. The maximum atomic E-state index is 12.9. The maximum Gasteiger partial charge on any atom is 0.341 e.